The zero-order chi connectivity index (χ0) is 15.8. The molecule has 0 radical (unpaired) electrons. The van der Waals surface area contributed by atoms with Crippen LogP contribution in [0.2, 0.25) is 0 Å². The van der Waals surface area contributed by atoms with E-state index in [9.17, 15) is 4.79 Å². The quantitative estimate of drug-likeness (QED) is 0.624. The Kier molecular flexibility index (Phi) is 6.15. The summed E-state index contributed by atoms with van der Waals surface area (Å²) < 4.78 is 5.44. The van der Waals surface area contributed by atoms with Gasteiger partial charge in [0.25, 0.3) is 5.91 Å². The summed E-state index contributed by atoms with van der Waals surface area (Å²) in [6.07, 6.45) is 2.72. The number of hydrogen-bond donors (Lipinski definition) is 1. The maximum Gasteiger partial charge on any atom is 0.277 e. The van der Waals surface area contributed by atoms with Crippen LogP contribution < -0.4 is 10.2 Å². The number of benzene rings is 1. The fourth-order valence-corrected chi connectivity index (χ4v) is 2.43. The standard InChI is InChI=1S/C17H20N2O2S/c1-3-13(2)14-6-8-15(9-7-14)21-12-17(20)19-18-11-16-5-4-10-22-16/h4-11,13H,3,12H2,1-2H3,(H,19,20)/b18-11+. The molecule has 0 bridgehead atoms. The Labute approximate surface area is 134 Å². The first-order valence-corrected chi connectivity index (χ1v) is 8.15. The van der Waals surface area contributed by atoms with Gasteiger partial charge in [0.2, 0.25) is 0 Å². The molecule has 1 unspecified atom stereocenters. The highest BCUT2D eigenvalue weighted by Crippen LogP contribution is 2.21. The topological polar surface area (TPSA) is 50.7 Å². The molecule has 0 saturated carbocycles. The minimum Gasteiger partial charge on any atom is -0.484 e. The molecule has 1 aromatic heterocycles. The number of carbonyl (C=O) groups is 1. The van der Waals surface area contributed by atoms with Crippen molar-refractivity contribution in [1.29, 1.82) is 0 Å². The summed E-state index contributed by atoms with van der Waals surface area (Å²) in [5.41, 5.74) is 3.72. The van der Waals surface area contributed by atoms with Crippen LogP contribution in [0.5, 0.6) is 5.75 Å². The molecule has 0 aliphatic carbocycles. The number of ether oxygens (including phenoxy) is 1. The van der Waals surface area contributed by atoms with Gasteiger partial charge in [-0.3, -0.25) is 4.79 Å². The largest absolute Gasteiger partial charge is 0.484 e. The number of amides is 1. The predicted molar refractivity (Wildman–Crippen MR) is 90.7 cm³/mol. The lowest BCUT2D eigenvalue weighted by Crippen LogP contribution is -2.24. The van der Waals surface area contributed by atoms with Crippen molar-refractivity contribution in [1.82, 2.24) is 5.43 Å². The van der Waals surface area contributed by atoms with E-state index in [2.05, 4.69) is 24.4 Å². The van der Waals surface area contributed by atoms with Crippen molar-refractivity contribution in [3.63, 3.8) is 0 Å². The lowest BCUT2D eigenvalue weighted by Gasteiger charge is -2.10. The van der Waals surface area contributed by atoms with E-state index in [0.717, 1.165) is 11.3 Å². The number of nitrogens with zero attached hydrogens (tertiary/aromatic N) is 1. The van der Waals surface area contributed by atoms with E-state index in [1.54, 1.807) is 17.6 Å². The molecule has 1 N–H and O–H groups in total. The molecule has 5 heteroatoms. The van der Waals surface area contributed by atoms with E-state index >= 15 is 0 Å². The molecule has 2 rings (SSSR count). The number of hydrazone groups is 1. The van der Waals surface area contributed by atoms with Gasteiger partial charge in [0.15, 0.2) is 6.61 Å². The molecule has 1 atom stereocenters. The van der Waals surface area contributed by atoms with Gasteiger partial charge >= 0.3 is 0 Å². The number of carbonyl (C=O) groups excluding carboxylic acids is 1. The van der Waals surface area contributed by atoms with E-state index in [-0.39, 0.29) is 12.5 Å². The summed E-state index contributed by atoms with van der Waals surface area (Å²) in [5.74, 6) is 0.937. The molecule has 0 aliphatic rings. The van der Waals surface area contributed by atoms with Crippen molar-refractivity contribution in [2.45, 2.75) is 26.2 Å². The van der Waals surface area contributed by atoms with Crippen molar-refractivity contribution in [2.24, 2.45) is 5.10 Å². The Morgan fingerprint density at radius 2 is 2.14 bits per heavy atom. The summed E-state index contributed by atoms with van der Waals surface area (Å²) in [6, 6.07) is 11.7. The molecule has 0 spiro atoms. The molecule has 2 aromatic rings. The molecule has 0 saturated heterocycles. The first-order chi connectivity index (χ1) is 10.7. The van der Waals surface area contributed by atoms with E-state index in [4.69, 9.17) is 4.74 Å². The van der Waals surface area contributed by atoms with Gasteiger partial charge in [0, 0.05) is 4.88 Å². The Hall–Kier alpha value is -2.14. The van der Waals surface area contributed by atoms with Crippen molar-refractivity contribution in [3.05, 3.63) is 52.2 Å². The molecule has 1 heterocycles. The Balaban J connectivity index is 1.76. The second-order valence-electron chi connectivity index (χ2n) is 4.98. The Bertz CT molecular complexity index is 606. The second kappa shape index (κ2) is 8.34. The molecule has 1 aromatic carbocycles. The lowest BCUT2D eigenvalue weighted by molar-refractivity contribution is -0.123. The lowest BCUT2D eigenvalue weighted by atomic mass is 9.99. The average Bonchev–Trinajstić information content (AvgIpc) is 3.06. The van der Waals surface area contributed by atoms with Crippen LogP contribution in [0.15, 0.2) is 46.9 Å². The highest BCUT2D eigenvalue weighted by atomic mass is 32.1. The van der Waals surface area contributed by atoms with Crippen LogP contribution in [0.3, 0.4) is 0 Å². The smallest absolute Gasteiger partial charge is 0.277 e. The maximum absolute atomic E-state index is 11.6. The first-order valence-electron chi connectivity index (χ1n) is 7.27. The van der Waals surface area contributed by atoms with Crippen LogP contribution in [0.1, 0.15) is 36.6 Å². The molecule has 0 aliphatic heterocycles. The van der Waals surface area contributed by atoms with Gasteiger partial charge in [0.05, 0.1) is 6.21 Å². The van der Waals surface area contributed by atoms with E-state index in [1.165, 1.54) is 5.56 Å². The third-order valence-electron chi connectivity index (χ3n) is 3.36. The highest BCUT2D eigenvalue weighted by Gasteiger charge is 2.04. The molecular weight excluding hydrogens is 296 g/mol. The fraction of sp³-hybridized carbons (Fsp3) is 0.294. The summed E-state index contributed by atoms with van der Waals surface area (Å²) in [7, 11) is 0. The SMILES string of the molecule is CCC(C)c1ccc(OCC(=O)N/N=C/c2cccs2)cc1. The van der Waals surface area contributed by atoms with Gasteiger partial charge < -0.3 is 4.74 Å². The normalized spacial score (nSPS) is 12.3. The zero-order valence-corrected chi connectivity index (χ0v) is 13.6. The molecule has 22 heavy (non-hydrogen) atoms. The van der Waals surface area contributed by atoms with Crippen LogP contribution in [0.4, 0.5) is 0 Å². The zero-order valence-electron chi connectivity index (χ0n) is 12.8. The third-order valence-corrected chi connectivity index (χ3v) is 4.16. The van der Waals surface area contributed by atoms with Crippen molar-refractivity contribution < 1.29 is 9.53 Å². The minimum atomic E-state index is -0.279. The van der Waals surface area contributed by atoms with Crippen LogP contribution in [-0.2, 0) is 4.79 Å². The van der Waals surface area contributed by atoms with Gasteiger partial charge in [-0.05, 0) is 41.5 Å². The molecule has 0 fully saturated rings. The van der Waals surface area contributed by atoms with Crippen LogP contribution in [0, 0.1) is 0 Å². The predicted octanol–water partition coefficient (Wildman–Crippen LogP) is 3.79. The number of hydrogen-bond acceptors (Lipinski definition) is 4. The summed E-state index contributed by atoms with van der Waals surface area (Å²) in [6.45, 7) is 4.30. The number of rotatable bonds is 7. The Morgan fingerprint density at radius 3 is 2.77 bits per heavy atom. The van der Waals surface area contributed by atoms with Gasteiger partial charge in [-0.1, -0.05) is 32.0 Å². The average molecular weight is 316 g/mol. The molecule has 1 amide bonds. The monoisotopic (exact) mass is 316 g/mol. The Morgan fingerprint density at radius 1 is 1.36 bits per heavy atom. The van der Waals surface area contributed by atoms with Crippen LogP contribution in [-0.4, -0.2) is 18.7 Å². The van der Waals surface area contributed by atoms with Gasteiger partial charge in [-0.15, -0.1) is 11.3 Å². The van der Waals surface area contributed by atoms with Crippen molar-refractivity contribution >= 4 is 23.5 Å². The van der Waals surface area contributed by atoms with Gasteiger partial charge in [-0.2, -0.15) is 5.10 Å². The van der Waals surface area contributed by atoms with Crippen LogP contribution in [0.25, 0.3) is 0 Å². The maximum atomic E-state index is 11.6. The summed E-state index contributed by atoms with van der Waals surface area (Å²) in [4.78, 5) is 12.6. The fourth-order valence-electron chi connectivity index (χ4n) is 1.84. The number of nitrogens with one attached hydrogen (secondary N) is 1. The van der Waals surface area contributed by atoms with E-state index in [0.29, 0.717) is 11.7 Å². The third kappa shape index (κ3) is 5.00. The summed E-state index contributed by atoms with van der Waals surface area (Å²) in [5, 5.41) is 5.83. The van der Waals surface area contributed by atoms with E-state index < -0.39 is 0 Å². The first kappa shape index (κ1) is 16.2. The minimum absolute atomic E-state index is 0.0511. The number of thiophene rings is 1. The van der Waals surface area contributed by atoms with Crippen molar-refractivity contribution in [2.75, 3.05) is 6.61 Å². The van der Waals surface area contributed by atoms with Gasteiger partial charge in [-0.25, -0.2) is 5.43 Å². The molecule has 4 nitrogen and oxygen atoms in total. The second-order valence-corrected chi connectivity index (χ2v) is 5.95. The van der Waals surface area contributed by atoms with Crippen molar-refractivity contribution in [3.8, 4) is 5.75 Å². The van der Waals surface area contributed by atoms with Gasteiger partial charge in [0.1, 0.15) is 5.75 Å². The molecule has 116 valence electrons. The summed E-state index contributed by atoms with van der Waals surface area (Å²) >= 11 is 1.56. The van der Waals surface area contributed by atoms with Crippen LogP contribution >= 0.6 is 11.3 Å². The highest BCUT2D eigenvalue weighted by molar-refractivity contribution is 7.11. The molecular formula is C17H20N2O2S. The van der Waals surface area contributed by atoms with E-state index in [1.807, 2.05) is 41.8 Å².